The minimum absolute atomic E-state index is 0.00328. The molecule has 0 bridgehead atoms. The summed E-state index contributed by atoms with van der Waals surface area (Å²) < 4.78 is 5.93. The van der Waals surface area contributed by atoms with Gasteiger partial charge in [-0.2, -0.15) is 5.10 Å². The molecule has 1 atom stereocenters. The van der Waals surface area contributed by atoms with Crippen molar-refractivity contribution < 1.29 is 9.53 Å². The monoisotopic (exact) mass is 335 g/mol. The van der Waals surface area contributed by atoms with Gasteiger partial charge in [0.25, 0.3) is 5.91 Å². The number of rotatable bonds is 3. The molecule has 0 radical (unpaired) electrons. The van der Waals surface area contributed by atoms with E-state index in [1.807, 2.05) is 11.8 Å². The van der Waals surface area contributed by atoms with Gasteiger partial charge in [0, 0.05) is 25.2 Å². The zero-order valence-electron chi connectivity index (χ0n) is 14.2. The lowest BCUT2D eigenvalue weighted by Crippen LogP contribution is -2.46. The third-order valence-electron chi connectivity index (χ3n) is 4.68. The Kier molecular flexibility index (Phi) is 4.24. The van der Waals surface area contributed by atoms with E-state index in [9.17, 15) is 4.79 Å². The highest BCUT2D eigenvalue weighted by atomic mass is 16.5. The highest BCUT2D eigenvalue weighted by Gasteiger charge is 2.26. The lowest BCUT2D eigenvalue weighted by molar-refractivity contribution is -0.0208. The van der Waals surface area contributed by atoms with Crippen LogP contribution in [0.15, 0.2) is 48.5 Å². The molecule has 1 aromatic heterocycles. The van der Waals surface area contributed by atoms with Crippen LogP contribution in [0.1, 0.15) is 21.7 Å². The van der Waals surface area contributed by atoms with Gasteiger partial charge in [-0.3, -0.25) is 9.89 Å². The smallest absolute Gasteiger partial charge is 0.274 e. The number of hydrogen-bond acceptors (Lipinski definition) is 3. The maximum absolute atomic E-state index is 12.6. The van der Waals surface area contributed by atoms with Gasteiger partial charge in [-0.05, 0) is 29.3 Å². The lowest BCUT2D eigenvalue weighted by atomic mass is 9.99. The van der Waals surface area contributed by atoms with Crippen LogP contribution in [-0.2, 0) is 11.2 Å². The van der Waals surface area contributed by atoms with Gasteiger partial charge in [-0.15, -0.1) is 0 Å². The summed E-state index contributed by atoms with van der Waals surface area (Å²) in [4.78, 5) is 14.5. The number of amides is 1. The third kappa shape index (κ3) is 3.28. The molecule has 1 saturated heterocycles. The fourth-order valence-corrected chi connectivity index (χ4v) is 3.43. The van der Waals surface area contributed by atoms with E-state index >= 15 is 0 Å². The molecule has 1 aliphatic rings. The Bertz CT molecular complexity index is 897. The molecule has 0 aliphatic carbocycles. The van der Waals surface area contributed by atoms with E-state index in [4.69, 9.17) is 4.74 Å². The summed E-state index contributed by atoms with van der Waals surface area (Å²) in [5.74, 6) is -0.0319. The van der Waals surface area contributed by atoms with Crippen molar-refractivity contribution in [2.45, 2.75) is 19.4 Å². The topological polar surface area (TPSA) is 58.2 Å². The molecule has 0 saturated carbocycles. The van der Waals surface area contributed by atoms with Gasteiger partial charge in [-0.1, -0.05) is 42.5 Å². The number of aryl methyl sites for hydroxylation is 1. The second kappa shape index (κ2) is 6.69. The van der Waals surface area contributed by atoms with Crippen LogP contribution in [0.5, 0.6) is 0 Å². The molecule has 128 valence electrons. The van der Waals surface area contributed by atoms with Crippen molar-refractivity contribution in [1.82, 2.24) is 15.1 Å². The van der Waals surface area contributed by atoms with Gasteiger partial charge < -0.3 is 9.64 Å². The maximum atomic E-state index is 12.6. The van der Waals surface area contributed by atoms with E-state index < -0.39 is 0 Å². The first-order chi connectivity index (χ1) is 12.2. The first kappa shape index (κ1) is 15.8. The quantitative estimate of drug-likeness (QED) is 0.800. The number of nitrogens with zero attached hydrogens (tertiary/aromatic N) is 2. The number of carbonyl (C=O) groups excluding carboxylic acids is 1. The van der Waals surface area contributed by atoms with Crippen molar-refractivity contribution in [2.24, 2.45) is 0 Å². The number of nitrogens with one attached hydrogen (secondary N) is 1. The van der Waals surface area contributed by atoms with Gasteiger partial charge in [0.2, 0.25) is 0 Å². The Morgan fingerprint density at radius 1 is 1.28 bits per heavy atom. The molecule has 5 heteroatoms. The Morgan fingerprint density at radius 3 is 2.96 bits per heavy atom. The van der Waals surface area contributed by atoms with Crippen molar-refractivity contribution >= 4 is 16.7 Å². The standard InChI is InChI=1S/C20H21N3O2/c1-14-11-19(22-21-14)20(24)23-9-10-25-17(13-23)12-16-7-4-6-15-5-2-3-8-18(15)16/h2-8,11,17H,9-10,12-13H2,1H3,(H,21,22)/t17-/m0/s1. The summed E-state index contributed by atoms with van der Waals surface area (Å²) in [5, 5.41) is 9.40. The van der Waals surface area contributed by atoms with Crippen LogP contribution in [0, 0.1) is 6.92 Å². The molecule has 0 spiro atoms. The molecule has 1 aliphatic heterocycles. The van der Waals surface area contributed by atoms with Crippen LogP contribution in [0.4, 0.5) is 0 Å². The lowest BCUT2D eigenvalue weighted by Gasteiger charge is -2.32. The normalized spacial score (nSPS) is 17.8. The first-order valence-corrected chi connectivity index (χ1v) is 8.60. The number of hydrogen-bond donors (Lipinski definition) is 1. The van der Waals surface area contributed by atoms with E-state index in [2.05, 4.69) is 52.7 Å². The third-order valence-corrected chi connectivity index (χ3v) is 4.68. The number of aromatic nitrogens is 2. The molecule has 4 rings (SSSR count). The average Bonchev–Trinajstić information content (AvgIpc) is 3.08. The van der Waals surface area contributed by atoms with Gasteiger partial charge in [-0.25, -0.2) is 0 Å². The van der Waals surface area contributed by atoms with Crippen LogP contribution < -0.4 is 0 Å². The summed E-state index contributed by atoms with van der Waals surface area (Å²) >= 11 is 0. The van der Waals surface area contributed by atoms with E-state index in [-0.39, 0.29) is 12.0 Å². The van der Waals surface area contributed by atoms with E-state index in [0.29, 0.717) is 25.4 Å². The first-order valence-electron chi connectivity index (χ1n) is 8.60. The van der Waals surface area contributed by atoms with Crippen LogP contribution >= 0.6 is 0 Å². The Labute approximate surface area is 146 Å². The maximum Gasteiger partial charge on any atom is 0.274 e. The molecular formula is C20H21N3O2. The number of morpholine rings is 1. The Morgan fingerprint density at radius 2 is 2.12 bits per heavy atom. The summed E-state index contributed by atoms with van der Waals surface area (Å²) in [7, 11) is 0. The largest absolute Gasteiger partial charge is 0.374 e. The minimum Gasteiger partial charge on any atom is -0.374 e. The molecule has 2 aromatic carbocycles. The zero-order valence-corrected chi connectivity index (χ0v) is 14.2. The highest BCUT2D eigenvalue weighted by molar-refractivity contribution is 5.92. The van der Waals surface area contributed by atoms with Crippen molar-refractivity contribution in [1.29, 1.82) is 0 Å². The number of ether oxygens (including phenoxy) is 1. The summed E-state index contributed by atoms with van der Waals surface area (Å²) in [6.45, 7) is 3.65. The van der Waals surface area contributed by atoms with Crippen molar-refractivity contribution in [3.63, 3.8) is 0 Å². The fourth-order valence-electron chi connectivity index (χ4n) is 3.43. The Hall–Kier alpha value is -2.66. The van der Waals surface area contributed by atoms with Crippen molar-refractivity contribution in [3.8, 4) is 0 Å². The molecule has 3 aromatic rings. The molecule has 25 heavy (non-hydrogen) atoms. The summed E-state index contributed by atoms with van der Waals surface area (Å²) in [5.41, 5.74) is 2.63. The second-order valence-corrected chi connectivity index (χ2v) is 6.52. The van der Waals surface area contributed by atoms with Crippen molar-refractivity contribution in [3.05, 3.63) is 65.5 Å². The number of carbonyl (C=O) groups is 1. The highest BCUT2D eigenvalue weighted by Crippen LogP contribution is 2.22. The molecule has 1 fully saturated rings. The SMILES string of the molecule is Cc1cc(C(=O)N2CCO[C@@H](Cc3cccc4ccccc34)C2)n[nH]1. The number of aromatic amines is 1. The van der Waals surface area contributed by atoms with Crippen LogP contribution in [0.25, 0.3) is 10.8 Å². The summed E-state index contributed by atoms with van der Waals surface area (Å²) in [6, 6.07) is 16.5. The molecule has 2 heterocycles. The number of H-pyrrole nitrogens is 1. The van der Waals surface area contributed by atoms with Gasteiger partial charge in [0.05, 0.1) is 12.7 Å². The van der Waals surface area contributed by atoms with Gasteiger partial charge in [0.1, 0.15) is 5.69 Å². The predicted molar refractivity (Wildman–Crippen MR) is 96.6 cm³/mol. The van der Waals surface area contributed by atoms with Gasteiger partial charge in [0.15, 0.2) is 0 Å². The van der Waals surface area contributed by atoms with E-state index in [0.717, 1.165) is 12.1 Å². The van der Waals surface area contributed by atoms with Crippen molar-refractivity contribution in [2.75, 3.05) is 19.7 Å². The Balaban J connectivity index is 1.50. The average molecular weight is 335 g/mol. The van der Waals surface area contributed by atoms with Crippen LogP contribution in [0.2, 0.25) is 0 Å². The molecule has 1 N–H and O–H groups in total. The number of fused-ring (bicyclic) bond motifs is 1. The predicted octanol–water partition coefficient (Wildman–Crippen LogP) is 2.96. The van der Waals surface area contributed by atoms with E-state index in [1.165, 1.54) is 16.3 Å². The van der Waals surface area contributed by atoms with Crippen LogP contribution in [0.3, 0.4) is 0 Å². The fraction of sp³-hybridized carbons (Fsp3) is 0.300. The zero-order chi connectivity index (χ0) is 17.2. The molecular weight excluding hydrogens is 314 g/mol. The van der Waals surface area contributed by atoms with Crippen LogP contribution in [-0.4, -0.2) is 46.8 Å². The molecule has 0 unspecified atom stereocenters. The number of benzene rings is 2. The van der Waals surface area contributed by atoms with Gasteiger partial charge >= 0.3 is 0 Å². The minimum atomic E-state index is -0.0319. The second-order valence-electron chi connectivity index (χ2n) is 6.52. The van der Waals surface area contributed by atoms with E-state index in [1.54, 1.807) is 6.07 Å². The molecule has 1 amide bonds. The summed E-state index contributed by atoms with van der Waals surface area (Å²) in [6.07, 6.45) is 0.800. The molecule has 5 nitrogen and oxygen atoms in total.